The van der Waals surface area contributed by atoms with Crippen LogP contribution < -0.4 is 20.7 Å². The molecule has 0 spiro atoms. The SMILES string of the molecule is COC1CNCCC1n1ncc2c(-c3ccc4c(c3)OCC(=O)N4Cc3ncc(Cl)cn3)c(C(N)=O)c(CC(C)C)nc21. The molecule has 2 unspecified atom stereocenters. The van der Waals surface area contributed by atoms with Gasteiger partial charge in [0.25, 0.3) is 11.8 Å². The van der Waals surface area contributed by atoms with Gasteiger partial charge in [0.1, 0.15) is 11.6 Å². The number of aromatic nitrogens is 5. The molecule has 43 heavy (non-hydrogen) atoms. The highest BCUT2D eigenvalue weighted by molar-refractivity contribution is 6.30. The Labute approximate surface area is 253 Å². The standard InChI is InChI=1S/C30H33ClN8O4/c1-16(2)8-20-28(29(32)41)27(19-12-36-39(30(19)37-20)22-6-7-33-13-24(22)42-3)17-4-5-21-23(9-17)43-15-26(40)38(21)14-25-34-10-18(31)11-35-25/h4-5,9-12,16,22,24,33H,6-8,13-15H2,1-3H3,(H2,32,41). The summed E-state index contributed by atoms with van der Waals surface area (Å²) in [5, 5.41) is 9.26. The van der Waals surface area contributed by atoms with Gasteiger partial charge in [-0.15, -0.1) is 0 Å². The molecule has 1 aromatic carbocycles. The smallest absolute Gasteiger partial charge is 0.265 e. The van der Waals surface area contributed by atoms with Crippen LogP contribution in [0.15, 0.2) is 36.8 Å². The second-order valence-electron chi connectivity index (χ2n) is 11.2. The maximum Gasteiger partial charge on any atom is 0.265 e. The van der Waals surface area contributed by atoms with Crippen LogP contribution in [0, 0.1) is 5.92 Å². The highest BCUT2D eigenvalue weighted by Crippen LogP contribution is 2.41. The summed E-state index contributed by atoms with van der Waals surface area (Å²) in [4.78, 5) is 41.0. The minimum absolute atomic E-state index is 0.0306. The van der Waals surface area contributed by atoms with Gasteiger partial charge in [-0.25, -0.2) is 19.6 Å². The van der Waals surface area contributed by atoms with Crippen LogP contribution in [-0.2, 0) is 22.5 Å². The molecule has 5 heterocycles. The number of pyridine rings is 1. The topological polar surface area (TPSA) is 150 Å². The van der Waals surface area contributed by atoms with E-state index in [4.69, 9.17) is 36.9 Å². The molecule has 1 fully saturated rings. The van der Waals surface area contributed by atoms with Crippen LogP contribution >= 0.6 is 11.6 Å². The maximum absolute atomic E-state index is 13.1. The normalized spacial score (nSPS) is 18.6. The number of anilines is 1. The van der Waals surface area contributed by atoms with E-state index in [1.54, 1.807) is 24.3 Å². The second kappa shape index (κ2) is 11.9. The number of carbonyl (C=O) groups is 2. The van der Waals surface area contributed by atoms with Crippen molar-refractivity contribution in [3.63, 3.8) is 0 Å². The number of carbonyl (C=O) groups excluding carboxylic acids is 2. The summed E-state index contributed by atoms with van der Waals surface area (Å²) < 4.78 is 13.6. The first kappa shape index (κ1) is 29.0. The van der Waals surface area contributed by atoms with Crippen molar-refractivity contribution < 1.29 is 19.1 Å². The Morgan fingerprint density at radius 1 is 1.26 bits per heavy atom. The summed E-state index contributed by atoms with van der Waals surface area (Å²) in [7, 11) is 1.70. The van der Waals surface area contributed by atoms with Gasteiger partial charge in [0.15, 0.2) is 12.3 Å². The Morgan fingerprint density at radius 2 is 2.05 bits per heavy atom. The van der Waals surface area contributed by atoms with Crippen molar-refractivity contribution in [1.29, 1.82) is 0 Å². The van der Waals surface area contributed by atoms with Crippen LogP contribution in [0.5, 0.6) is 5.75 Å². The molecule has 13 heteroatoms. The lowest BCUT2D eigenvalue weighted by atomic mass is 9.92. The number of nitrogens with zero attached hydrogens (tertiary/aromatic N) is 6. The Kier molecular flexibility index (Phi) is 7.99. The predicted molar refractivity (Wildman–Crippen MR) is 161 cm³/mol. The van der Waals surface area contributed by atoms with Crippen molar-refractivity contribution in [2.75, 3.05) is 31.7 Å². The van der Waals surface area contributed by atoms with E-state index in [9.17, 15) is 9.59 Å². The van der Waals surface area contributed by atoms with Gasteiger partial charge in [0.2, 0.25) is 0 Å². The number of rotatable bonds is 8. The van der Waals surface area contributed by atoms with E-state index in [2.05, 4.69) is 29.1 Å². The summed E-state index contributed by atoms with van der Waals surface area (Å²) >= 11 is 5.94. The first-order valence-electron chi connectivity index (χ1n) is 14.2. The Hall–Kier alpha value is -4.13. The van der Waals surface area contributed by atoms with Crippen LogP contribution in [0.1, 0.15) is 48.2 Å². The van der Waals surface area contributed by atoms with Gasteiger partial charge in [0, 0.05) is 37.0 Å². The zero-order valence-corrected chi connectivity index (χ0v) is 25.0. The van der Waals surface area contributed by atoms with E-state index in [0.29, 0.717) is 68.7 Å². The fourth-order valence-corrected chi connectivity index (χ4v) is 5.98. The summed E-state index contributed by atoms with van der Waals surface area (Å²) in [6.45, 7) is 5.68. The number of hydrogen-bond donors (Lipinski definition) is 2. The third-order valence-electron chi connectivity index (χ3n) is 7.84. The largest absolute Gasteiger partial charge is 0.482 e. The number of fused-ring (bicyclic) bond motifs is 2. The third kappa shape index (κ3) is 5.53. The molecule has 0 radical (unpaired) electrons. The van der Waals surface area contributed by atoms with Crippen LogP contribution in [-0.4, -0.2) is 69.5 Å². The minimum atomic E-state index is -0.570. The van der Waals surface area contributed by atoms with E-state index < -0.39 is 5.91 Å². The van der Waals surface area contributed by atoms with Crippen molar-refractivity contribution >= 4 is 40.1 Å². The zero-order valence-electron chi connectivity index (χ0n) is 24.2. The van der Waals surface area contributed by atoms with Crippen LogP contribution in [0.2, 0.25) is 5.02 Å². The van der Waals surface area contributed by atoms with Gasteiger partial charge < -0.3 is 20.5 Å². The number of ether oxygens (including phenoxy) is 2. The molecule has 2 atom stereocenters. The number of primary amides is 1. The van der Waals surface area contributed by atoms with Crippen LogP contribution in [0.3, 0.4) is 0 Å². The molecule has 0 bridgehead atoms. The third-order valence-corrected chi connectivity index (χ3v) is 8.03. The molecule has 2 aliphatic rings. The average Bonchev–Trinajstić information content (AvgIpc) is 3.41. The molecular weight excluding hydrogens is 572 g/mol. The summed E-state index contributed by atoms with van der Waals surface area (Å²) in [6.07, 6.45) is 6.01. The average molecular weight is 605 g/mol. The number of methoxy groups -OCH3 is 1. The van der Waals surface area contributed by atoms with Crippen LogP contribution in [0.25, 0.3) is 22.2 Å². The van der Waals surface area contributed by atoms with Gasteiger partial charge in [0.05, 0.1) is 46.9 Å². The number of amides is 2. The summed E-state index contributed by atoms with van der Waals surface area (Å²) in [5.74, 6) is 0.360. The Morgan fingerprint density at radius 3 is 2.77 bits per heavy atom. The number of nitrogens with one attached hydrogen (secondary N) is 1. The Bertz CT molecular complexity index is 1690. The molecule has 4 aromatic rings. The molecule has 0 saturated carbocycles. The molecule has 2 amide bonds. The van der Waals surface area contributed by atoms with Crippen molar-refractivity contribution in [2.45, 2.75) is 45.4 Å². The van der Waals surface area contributed by atoms with Gasteiger partial charge in [-0.2, -0.15) is 5.10 Å². The number of halogens is 1. The number of hydrogen-bond acceptors (Lipinski definition) is 9. The quantitative estimate of drug-likeness (QED) is 0.309. The van der Waals surface area contributed by atoms with E-state index >= 15 is 0 Å². The van der Waals surface area contributed by atoms with Crippen LogP contribution in [0.4, 0.5) is 5.69 Å². The first-order valence-corrected chi connectivity index (χ1v) is 14.6. The van der Waals surface area contributed by atoms with Crippen molar-refractivity contribution in [2.24, 2.45) is 11.7 Å². The highest BCUT2D eigenvalue weighted by Gasteiger charge is 2.32. The van der Waals surface area contributed by atoms with Crippen molar-refractivity contribution in [3.8, 4) is 16.9 Å². The van der Waals surface area contributed by atoms with Gasteiger partial charge in [-0.05, 0) is 43.0 Å². The van der Waals surface area contributed by atoms with Crippen molar-refractivity contribution in [3.05, 3.63) is 58.9 Å². The van der Waals surface area contributed by atoms with Crippen molar-refractivity contribution in [1.82, 2.24) is 30.0 Å². The summed E-state index contributed by atoms with van der Waals surface area (Å²) in [6, 6.07) is 5.46. The molecule has 3 aromatic heterocycles. The lowest BCUT2D eigenvalue weighted by molar-refractivity contribution is -0.121. The number of benzene rings is 1. The lowest BCUT2D eigenvalue weighted by Gasteiger charge is -2.31. The zero-order chi connectivity index (χ0) is 30.2. The van der Waals surface area contributed by atoms with E-state index in [0.717, 1.165) is 13.0 Å². The van der Waals surface area contributed by atoms with E-state index in [-0.39, 0.29) is 37.1 Å². The first-order chi connectivity index (χ1) is 20.7. The summed E-state index contributed by atoms with van der Waals surface area (Å²) in [5.41, 5.74) is 9.59. The fraction of sp³-hybridized carbons (Fsp3) is 0.400. The molecule has 1 saturated heterocycles. The highest BCUT2D eigenvalue weighted by atomic mass is 35.5. The predicted octanol–water partition coefficient (Wildman–Crippen LogP) is 3.31. The molecule has 224 valence electrons. The molecule has 0 aliphatic carbocycles. The number of nitrogens with two attached hydrogens (primary N) is 1. The second-order valence-corrected chi connectivity index (χ2v) is 11.6. The Balaban J connectivity index is 1.50. The fourth-order valence-electron chi connectivity index (χ4n) is 5.88. The van der Waals surface area contributed by atoms with E-state index in [1.807, 2.05) is 16.8 Å². The molecule has 6 rings (SSSR count). The maximum atomic E-state index is 13.1. The van der Waals surface area contributed by atoms with E-state index in [1.165, 1.54) is 12.4 Å². The van der Waals surface area contributed by atoms with Gasteiger partial charge in [-0.1, -0.05) is 31.5 Å². The molecule has 3 N–H and O–H groups in total. The minimum Gasteiger partial charge on any atom is -0.482 e. The molecule has 2 aliphatic heterocycles. The number of piperidine rings is 1. The van der Waals surface area contributed by atoms with Gasteiger partial charge >= 0.3 is 0 Å². The van der Waals surface area contributed by atoms with Gasteiger partial charge in [-0.3, -0.25) is 14.5 Å². The monoisotopic (exact) mass is 604 g/mol. The molecule has 12 nitrogen and oxygen atoms in total. The molecular formula is C30H33ClN8O4. The lowest BCUT2D eigenvalue weighted by Crippen LogP contribution is -2.43.